The van der Waals surface area contributed by atoms with Gasteiger partial charge in [-0.15, -0.1) is 0 Å². The fourth-order valence-electron chi connectivity index (χ4n) is 3.69. The lowest BCUT2D eigenvalue weighted by molar-refractivity contribution is -0.144. The maximum absolute atomic E-state index is 11.6. The number of carbonyl (C=O) groups excluding carboxylic acids is 2. The molecule has 1 N–H and O–H groups in total. The van der Waals surface area contributed by atoms with Gasteiger partial charge in [-0.25, -0.2) is 4.79 Å². The molecule has 0 aliphatic carbocycles. The highest BCUT2D eigenvalue weighted by molar-refractivity contribution is 5.69. The number of esters is 1. The summed E-state index contributed by atoms with van der Waals surface area (Å²) in [6.07, 6.45) is -0.222. The van der Waals surface area contributed by atoms with Gasteiger partial charge in [0.15, 0.2) is 0 Å². The SMILES string of the molecule is CCOC(=O)CCOCCOCCOCCOCCOCCOCCOCCOCCOCCOCCOCCNC(=O)OCc1ccccc1. The van der Waals surface area contributed by atoms with E-state index < -0.39 is 6.09 Å². The third kappa shape index (κ3) is 35.7. The Morgan fingerprint density at radius 1 is 0.451 bits per heavy atom. The Kier molecular flexibility index (Phi) is 35.4. The van der Waals surface area contributed by atoms with E-state index >= 15 is 0 Å². The second-order valence-corrected chi connectivity index (χ2v) is 10.3. The molecule has 16 heteroatoms. The first-order valence-corrected chi connectivity index (χ1v) is 17.7. The van der Waals surface area contributed by atoms with Crippen LogP contribution in [0, 0.1) is 0 Å². The molecule has 0 aliphatic rings. The number of nitrogens with one attached hydrogen (secondary N) is 1. The van der Waals surface area contributed by atoms with Gasteiger partial charge < -0.3 is 66.9 Å². The topological polar surface area (TPSA) is 166 Å². The van der Waals surface area contributed by atoms with Crippen molar-refractivity contribution < 1.29 is 71.2 Å². The molecular weight excluding hydrogens is 674 g/mol. The highest BCUT2D eigenvalue weighted by atomic mass is 16.6. The van der Waals surface area contributed by atoms with E-state index in [9.17, 15) is 9.59 Å². The van der Waals surface area contributed by atoms with Crippen molar-refractivity contribution in [2.45, 2.75) is 20.0 Å². The Labute approximate surface area is 302 Å². The molecule has 0 heterocycles. The number of amides is 1. The largest absolute Gasteiger partial charge is 0.466 e. The van der Waals surface area contributed by atoms with Crippen LogP contribution in [0.3, 0.4) is 0 Å². The van der Waals surface area contributed by atoms with E-state index in [1.807, 2.05) is 30.3 Å². The summed E-state index contributed by atoms with van der Waals surface area (Å²) in [6.45, 7) is 12.9. The molecule has 0 unspecified atom stereocenters. The molecule has 1 aromatic rings. The lowest BCUT2D eigenvalue weighted by atomic mass is 10.2. The summed E-state index contributed by atoms with van der Waals surface area (Å²) in [5.41, 5.74) is 0.934. The first-order valence-electron chi connectivity index (χ1n) is 17.7. The molecule has 296 valence electrons. The number of rotatable bonds is 39. The normalized spacial score (nSPS) is 11.2. The predicted octanol–water partition coefficient (Wildman–Crippen LogP) is 2.05. The van der Waals surface area contributed by atoms with Crippen molar-refractivity contribution in [2.24, 2.45) is 0 Å². The van der Waals surface area contributed by atoms with E-state index in [1.54, 1.807) is 6.92 Å². The maximum Gasteiger partial charge on any atom is 0.407 e. The molecule has 0 saturated carbocycles. The van der Waals surface area contributed by atoms with Gasteiger partial charge >= 0.3 is 12.1 Å². The summed E-state index contributed by atoms with van der Waals surface area (Å²) in [5, 5.41) is 2.64. The van der Waals surface area contributed by atoms with E-state index in [0.717, 1.165) is 5.56 Å². The second-order valence-electron chi connectivity index (χ2n) is 10.3. The highest BCUT2D eigenvalue weighted by Crippen LogP contribution is 2.00. The molecule has 0 aliphatic heterocycles. The number of benzene rings is 1. The lowest BCUT2D eigenvalue weighted by Crippen LogP contribution is -2.28. The van der Waals surface area contributed by atoms with Crippen molar-refractivity contribution in [3.8, 4) is 0 Å². The smallest absolute Gasteiger partial charge is 0.407 e. The van der Waals surface area contributed by atoms with Gasteiger partial charge in [0.2, 0.25) is 0 Å². The van der Waals surface area contributed by atoms with Crippen LogP contribution in [-0.4, -0.2) is 171 Å². The van der Waals surface area contributed by atoms with Gasteiger partial charge in [-0.2, -0.15) is 0 Å². The standard InChI is InChI=1S/C35H61NO15/c1-2-50-34(37)8-10-39-12-14-41-16-18-43-20-22-45-24-26-47-28-30-49-31-29-48-27-25-46-23-21-44-19-17-42-15-13-40-11-9-36-35(38)51-32-33-6-4-3-5-7-33/h3-7H,2,8-32H2,1H3,(H,36,38). The molecule has 1 rings (SSSR count). The molecule has 0 aromatic heterocycles. The third-order valence-corrected chi connectivity index (χ3v) is 6.20. The quantitative estimate of drug-likeness (QED) is 0.0771. The molecule has 51 heavy (non-hydrogen) atoms. The van der Waals surface area contributed by atoms with Crippen molar-refractivity contribution in [1.82, 2.24) is 5.32 Å². The molecule has 0 fully saturated rings. The Morgan fingerprint density at radius 3 is 1.14 bits per heavy atom. The monoisotopic (exact) mass is 735 g/mol. The fraction of sp³-hybridized carbons (Fsp3) is 0.771. The van der Waals surface area contributed by atoms with E-state index in [4.69, 9.17) is 61.6 Å². The van der Waals surface area contributed by atoms with Gasteiger partial charge in [-0.05, 0) is 12.5 Å². The summed E-state index contributed by atoms with van der Waals surface area (Å²) in [6, 6.07) is 9.49. The number of hydrogen-bond donors (Lipinski definition) is 1. The van der Waals surface area contributed by atoms with Gasteiger partial charge in [0.25, 0.3) is 0 Å². The Bertz CT molecular complexity index is 884. The van der Waals surface area contributed by atoms with E-state index in [-0.39, 0.29) is 19.0 Å². The average Bonchev–Trinajstić information content (AvgIpc) is 3.14. The van der Waals surface area contributed by atoms with Crippen LogP contribution < -0.4 is 5.32 Å². The van der Waals surface area contributed by atoms with Crippen LogP contribution in [0.25, 0.3) is 0 Å². The highest BCUT2D eigenvalue weighted by Gasteiger charge is 2.03. The zero-order chi connectivity index (χ0) is 36.6. The maximum atomic E-state index is 11.6. The molecule has 0 spiro atoms. The van der Waals surface area contributed by atoms with Crippen molar-refractivity contribution in [3.05, 3.63) is 35.9 Å². The molecule has 16 nitrogen and oxygen atoms in total. The van der Waals surface area contributed by atoms with Crippen molar-refractivity contribution in [3.63, 3.8) is 0 Å². The molecule has 1 aromatic carbocycles. The number of ether oxygens (including phenoxy) is 13. The number of carbonyl (C=O) groups is 2. The van der Waals surface area contributed by atoms with Gasteiger partial charge in [-0.3, -0.25) is 4.79 Å². The summed E-state index contributed by atoms with van der Waals surface area (Å²) in [5.74, 6) is -0.255. The van der Waals surface area contributed by atoms with Crippen molar-refractivity contribution >= 4 is 12.1 Å². The van der Waals surface area contributed by atoms with Gasteiger partial charge in [-0.1, -0.05) is 30.3 Å². The summed E-state index contributed by atoms with van der Waals surface area (Å²) >= 11 is 0. The Hall–Kier alpha value is -2.48. The van der Waals surface area contributed by atoms with Crippen LogP contribution in [0.15, 0.2) is 30.3 Å². The summed E-state index contributed by atoms with van der Waals surface area (Å²) in [4.78, 5) is 22.8. The van der Waals surface area contributed by atoms with Crippen molar-refractivity contribution in [1.29, 1.82) is 0 Å². The predicted molar refractivity (Wildman–Crippen MR) is 185 cm³/mol. The van der Waals surface area contributed by atoms with Crippen LogP contribution >= 0.6 is 0 Å². The van der Waals surface area contributed by atoms with Crippen LogP contribution in [0.5, 0.6) is 0 Å². The zero-order valence-electron chi connectivity index (χ0n) is 30.4. The molecular formula is C35H61NO15. The van der Waals surface area contributed by atoms with Gasteiger partial charge in [0.1, 0.15) is 6.61 Å². The first-order chi connectivity index (χ1) is 25.2. The van der Waals surface area contributed by atoms with Gasteiger partial charge in [0.05, 0.1) is 158 Å². The van der Waals surface area contributed by atoms with Crippen LogP contribution in [0.2, 0.25) is 0 Å². The summed E-state index contributed by atoms with van der Waals surface area (Å²) in [7, 11) is 0. The van der Waals surface area contributed by atoms with Gasteiger partial charge in [0, 0.05) is 6.54 Å². The van der Waals surface area contributed by atoms with E-state index in [0.29, 0.717) is 159 Å². The van der Waals surface area contributed by atoms with Crippen LogP contribution in [0.4, 0.5) is 4.79 Å². The molecule has 0 saturated heterocycles. The molecule has 1 amide bonds. The van der Waals surface area contributed by atoms with Crippen LogP contribution in [-0.2, 0) is 73.0 Å². The fourth-order valence-corrected chi connectivity index (χ4v) is 3.69. The Balaban J connectivity index is 1.63. The second kappa shape index (κ2) is 38.7. The zero-order valence-corrected chi connectivity index (χ0v) is 30.4. The summed E-state index contributed by atoms with van der Waals surface area (Å²) < 4.78 is 69.8. The average molecular weight is 736 g/mol. The molecule has 0 atom stereocenters. The first kappa shape index (κ1) is 46.5. The molecule has 0 bridgehead atoms. The lowest BCUT2D eigenvalue weighted by Gasteiger charge is -2.09. The minimum absolute atomic E-state index is 0.234. The molecule has 0 radical (unpaired) electrons. The Morgan fingerprint density at radius 2 is 0.784 bits per heavy atom. The van der Waals surface area contributed by atoms with Crippen molar-refractivity contribution in [2.75, 3.05) is 159 Å². The minimum Gasteiger partial charge on any atom is -0.466 e. The minimum atomic E-state index is -0.473. The number of alkyl carbamates (subject to hydrolysis) is 1. The van der Waals surface area contributed by atoms with Crippen LogP contribution in [0.1, 0.15) is 18.9 Å². The number of hydrogen-bond acceptors (Lipinski definition) is 15. The van der Waals surface area contributed by atoms with E-state index in [2.05, 4.69) is 5.32 Å². The van der Waals surface area contributed by atoms with E-state index in [1.165, 1.54) is 0 Å². The third-order valence-electron chi connectivity index (χ3n) is 6.20.